The first-order chi connectivity index (χ1) is 13.5. The van der Waals surface area contributed by atoms with Gasteiger partial charge in [-0.25, -0.2) is 4.68 Å². The normalized spacial score (nSPS) is 20.9. The van der Waals surface area contributed by atoms with Crippen LogP contribution < -0.4 is 5.32 Å². The molecular formula is C22H31N5O. The average Bonchev–Trinajstić information content (AvgIpc) is 2.97. The van der Waals surface area contributed by atoms with Gasteiger partial charge in [-0.3, -0.25) is 14.6 Å². The number of likely N-dealkylation sites (N-methyl/N-ethyl adjacent to an activating group) is 1. The molecule has 4 rings (SSSR count). The summed E-state index contributed by atoms with van der Waals surface area (Å²) in [5.41, 5.74) is 4.27. The molecule has 2 fully saturated rings. The maximum Gasteiger partial charge on any atom is 0.240 e. The van der Waals surface area contributed by atoms with Crippen LogP contribution in [0.25, 0.3) is 5.69 Å². The van der Waals surface area contributed by atoms with E-state index in [-0.39, 0.29) is 11.4 Å². The lowest BCUT2D eigenvalue weighted by Crippen LogP contribution is -2.60. The predicted octanol–water partition coefficient (Wildman–Crippen LogP) is 2.28. The Morgan fingerprint density at radius 2 is 1.93 bits per heavy atom. The number of benzene rings is 1. The first kappa shape index (κ1) is 19.2. The van der Waals surface area contributed by atoms with Crippen molar-refractivity contribution in [3.63, 3.8) is 0 Å². The molecule has 1 spiro atoms. The van der Waals surface area contributed by atoms with Crippen molar-refractivity contribution in [3.05, 3.63) is 47.3 Å². The van der Waals surface area contributed by atoms with Gasteiger partial charge in [0, 0.05) is 38.4 Å². The predicted molar refractivity (Wildman–Crippen MR) is 111 cm³/mol. The Balaban J connectivity index is 1.45. The Kier molecular flexibility index (Phi) is 5.25. The first-order valence-electron chi connectivity index (χ1n) is 10.3. The molecule has 0 bridgehead atoms. The second-order valence-electron chi connectivity index (χ2n) is 8.35. The van der Waals surface area contributed by atoms with Gasteiger partial charge in [0.15, 0.2) is 0 Å². The van der Waals surface area contributed by atoms with E-state index in [9.17, 15) is 4.79 Å². The van der Waals surface area contributed by atoms with Crippen molar-refractivity contribution in [1.29, 1.82) is 0 Å². The highest BCUT2D eigenvalue weighted by Crippen LogP contribution is 2.30. The van der Waals surface area contributed by atoms with E-state index < -0.39 is 0 Å². The number of aromatic nitrogens is 2. The zero-order chi connectivity index (χ0) is 19.7. The highest BCUT2D eigenvalue weighted by molar-refractivity contribution is 5.86. The Morgan fingerprint density at radius 1 is 1.14 bits per heavy atom. The second kappa shape index (κ2) is 7.68. The lowest BCUT2D eigenvalue weighted by atomic mass is 9.85. The number of nitrogens with zero attached hydrogens (tertiary/aromatic N) is 4. The number of piperidine rings is 1. The summed E-state index contributed by atoms with van der Waals surface area (Å²) >= 11 is 0. The average molecular weight is 382 g/mol. The molecule has 1 N–H and O–H groups in total. The van der Waals surface area contributed by atoms with Gasteiger partial charge in [0.2, 0.25) is 5.91 Å². The molecule has 150 valence electrons. The zero-order valence-electron chi connectivity index (χ0n) is 17.2. The van der Waals surface area contributed by atoms with Crippen molar-refractivity contribution in [1.82, 2.24) is 24.9 Å². The zero-order valence-corrected chi connectivity index (χ0v) is 17.2. The molecule has 0 unspecified atom stereocenters. The Hall–Kier alpha value is -2.18. The Labute approximate surface area is 167 Å². The van der Waals surface area contributed by atoms with Crippen LogP contribution >= 0.6 is 0 Å². The highest BCUT2D eigenvalue weighted by Gasteiger charge is 2.45. The summed E-state index contributed by atoms with van der Waals surface area (Å²) in [5.74, 6) is 0.221. The quantitative estimate of drug-likeness (QED) is 0.886. The molecule has 6 heteroatoms. The third-order valence-electron chi connectivity index (χ3n) is 6.36. The molecule has 2 aromatic rings. The summed E-state index contributed by atoms with van der Waals surface area (Å²) in [5, 5.41) is 7.73. The van der Waals surface area contributed by atoms with Crippen molar-refractivity contribution in [3.8, 4) is 5.69 Å². The minimum absolute atomic E-state index is 0.221. The Morgan fingerprint density at radius 3 is 2.64 bits per heavy atom. The van der Waals surface area contributed by atoms with Crippen LogP contribution in [0.2, 0.25) is 0 Å². The molecule has 1 aromatic heterocycles. The lowest BCUT2D eigenvalue weighted by molar-refractivity contribution is -0.134. The molecule has 0 aliphatic carbocycles. The van der Waals surface area contributed by atoms with Crippen molar-refractivity contribution in [2.45, 2.75) is 45.2 Å². The van der Waals surface area contributed by atoms with E-state index in [2.05, 4.69) is 64.5 Å². The van der Waals surface area contributed by atoms with E-state index in [0.29, 0.717) is 0 Å². The summed E-state index contributed by atoms with van der Waals surface area (Å²) in [6, 6.07) is 10.7. The number of hydrogen-bond acceptors (Lipinski definition) is 4. The topological polar surface area (TPSA) is 53.4 Å². The van der Waals surface area contributed by atoms with Crippen LogP contribution in [0, 0.1) is 13.8 Å². The number of hydrogen-bond donors (Lipinski definition) is 1. The second-order valence-corrected chi connectivity index (χ2v) is 8.35. The summed E-state index contributed by atoms with van der Waals surface area (Å²) in [7, 11) is 2.11. The number of amides is 1. The van der Waals surface area contributed by atoms with E-state index in [1.54, 1.807) is 0 Å². The molecular weight excluding hydrogens is 350 g/mol. The number of rotatable bonds is 3. The lowest BCUT2D eigenvalue weighted by Gasteiger charge is -2.45. The van der Waals surface area contributed by atoms with Crippen LogP contribution in [0.3, 0.4) is 0 Å². The van der Waals surface area contributed by atoms with Crippen molar-refractivity contribution < 1.29 is 4.79 Å². The van der Waals surface area contributed by atoms with Gasteiger partial charge >= 0.3 is 0 Å². The monoisotopic (exact) mass is 381 g/mol. The molecule has 1 amide bonds. The number of carbonyl (C=O) groups is 1. The number of nitrogens with one attached hydrogen (secondary N) is 1. The van der Waals surface area contributed by atoms with E-state index in [4.69, 9.17) is 0 Å². The first-order valence-corrected chi connectivity index (χ1v) is 10.3. The molecule has 2 aliphatic rings. The summed E-state index contributed by atoms with van der Waals surface area (Å²) in [6.07, 6.45) is 2.83. The minimum atomic E-state index is -0.321. The van der Waals surface area contributed by atoms with Crippen LogP contribution in [-0.2, 0) is 11.3 Å². The van der Waals surface area contributed by atoms with Crippen molar-refractivity contribution >= 4 is 5.91 Å². The van der Waals surface area contributed by atoms with Crippen LogP contribution in [0.4, 0.5) is 0 Å². The molecule has 0 saturated carbocycles. The van der Waals surface area contributed by atoms with Gasteiger partial charge < -0.3 is 5.32 Å². The van der Waals surface area contributed by atoms with Crippen molar-refractivity contribution in [2.24, 2.45) is 0 Å². The Bertz CT molecular complexity index is 850. The molecule has 6 nitrogen and oxygen atoms in total. The van der Waals surface area contributed by atoms with Gasteiger partial charge in [0.05, 0.1) is 11.4 Å². The fraction of sp³-hybridized carbons (Fsp3) is 0.545. The van der Waals surface area contributed by atoms with Gasteiger partial charge in [-0.05, 0) is 63.9 Å². The molecule has 2 saturated heterocycles. The molecule has 2 aliphatic heterocycles. The summed E-state index contributed by atoms with van der Waals surface area (Å²) in [4.78, 5) is 17.5. The number of aryl methyl sites for hydroxylation is 2. The van der Waals surface area contributed by atoms with Crippen LogP contribution in [-0.4, -0.2) is 64.3 Å². The molecule has 0 radical (unpaired) electrons. The fourth-order valence-electron chi connectivity index (χ4n) is 4.69. The standard InChI is InChI=1S/C22H31N5O/c1-17-14-18(2)27(24-17)20-7-4-6-19(15-20)16-26-12-8-22(9-13-26)21(28)23-10-5-11-25(22)3/h4,6-7,14-15H,5,8-13,16H2,1-3H3,(H,23,28). The third kappa shape index (κ3) is 3.59. The SMILES string of the molecule is Cc1cc(C)n(-c2cccc(CN3CCC4(CC3)C(=O)NCCCN4C)c2)n1. The number of likely N-dealkylation sites (tertiary alicyclic amines) is 1. The van der Waals surface area contributed by atoms with E-state index in [1.165, 1.54) is 5.56 Å². The number of carbonyl (C=O) groups excluding carboxylic acids is 1. The van der Waals surface area contributed by atoms with Gasteiger partial charge in [0.1, 0.15) is 5.54 Å². The van der Waals surface area contributed by atoms with Crippen molar-refractivity contribution in [2.75, 3.05) is 33.2 Å². The van der Waals surface area contributed by atoms with E-state index in [1.807, 2.05) is 11.6 Å². The molecule has 1 aromatic carbocycles. The largest absolute Gasteiger partial charge is 0.354 e. The van der Waals surface area contributed by atoms with Gasteiger partial charge in [-0.15, -0.1) is 0 Å². The van der Waals surface area contributed by atoms with Gasteiger partial charge in [-0.2, -0.15) is 5.10 Å². The maximum absolute atomic E-state index is 12.7. The summed E-state index contributed by atoms with van der Waals surface area (Å²) < 4.78 is 2.01. The van der Waals surface area contributed by atoms with E-state index >= 15 is 0 Å². The van der Waals surface area contributed by atoms with Crippen LogP contribution in [0.5, 0.6) is 0 Å². The van der Waals surface area contributed by atoms with Crippen LogP contribution in [0.15, 0.2) is 30.3 Å². The van der Waals surface area contributed by atoms with E-state index in [0.717, 1.165) is 69.1 Å². The summed E-state index contributed by atoms with van der Waals surface area (Å²) in [6.45, 7) is 8.71. The smallest absolute Gasteiger partial charge is 0.240 e. The molecule has 28 heavy (non-hydrogen) atoms. The highest BCUT2D eigenvalue weighted by atomic mass is 16.2. The maximum atomic E-state index is 12.7. The molecule has 0 atom stereocenters. The third-order valence-corrected chi connectivity index (χ3v) is 6.36. The minimum Gasteiger partial charge on any atom is -0.354 e. The van der Waals surface area contributed by atoms with Gasteiger partial charge in [0.25, 0.3) is 0 Å². The van der Waals surface area contributed by atoms with Crippen LogP contribution in [0.1, 0.15) is 36.2 Å². The van der Waals surface area contributed by atoms with Gasteiger partial charge in [-0.1, -0.05) is 12.1 Å². The molecule has 3 heterocycles. The fourth-order valence-corrected chi connectivity index (χ4v) is 4.69.